The molecule has 0 unspecified atom stereocenters. The Hall–Kier alpha value is -1.68. The maximum absolute atomic E-state index is 4.83. The molecule has 0 amide bonds. The third kappa shape index (κ3) is 1.71. The highest BCUT2D eigenvalue weighted by molar-refractivity contribution is 7.15. The maximum Gasteiger partial charge on any atom is 0.126 e. The fourth-order valence-electron chi connectivity index (χ4n) is 2.95. The van der Waals surface area contributed by atoms with Gasteiger partial charge in [0.1, 0.15) is 5.01 Å². The highest BCUT2D eigenvalue weighted by Crippen LogP contribution is 2.36. The van der Waals surface area contributed by atoms with Gasteiger partial charge in [-0.25, -0.2) is 9.97 Å². The first-order chi connectivity index (χ1) is 9.74. The minimum atomic E-state index is 0.427. The minimum Gasteiger partial charge on any atom is -0.328 e. The van der Waals surface area contributed by atoms with Gasteiger partial charge in [-0.15, -0.1) is 11.3 Å². The second-order valence-electron chi connectivity index (χ2n) is 5.66. The number of fused-ring (bicyclic) bond motifs is 2. The van der Waals surface area contributed by atoms with Crippen LogP contribution in [0, 0.1) is 0 Å². The van der Waals surface area contributed by atoms with E-state index in [2.05, 4.69) is 41.6 Å². The van der Waals surface area contributed by atoms with Gasteiger partial charge in [-0.05, 0) is 45.2 Å². The molecule has 2 aromatic heterocycles. The zero-order chi connectivity index (χ0) is 13.7. The second-order valence-corrected chi connectivity index (χ2v) is 6.74. The molecule has 0 fully saturated rings. The number of thiazole rings is 1. The third-order valence-electron chi connectivity index (χ3n) is 3.99. The standard InChI is InChI=1S/C16H17N3S/c1-10(2)19-9-17-15-11(5-3-7-13(15)19)16-18-12-6-4-8-14(12)20-16/h3,5,7,9-10H,4,6,8H2,1-2H3. The van der Waals surface area contributed by atoms with Gasteiger partial charge in [0.05, 0.1) is 23.1 Å². The number of hydrogen-bond donors (Lipinski definition) is 0. The van der Waals surface area contributed by atoms with Gasteiger partial charge < -0.3 is 4.57 Å². The molecular weight excluding hydrogens is 266 g/mol. The number of para-hydroxylation sites is 1. The molecule has 4 rings (SSSR count). The molecule has 0 saturated carbocycles. The Bertz CT molecular complexity index is 761. The Labute approximate surface area is 122 Å². The van der Waals surface area contributed by atoms with E-state index in [4.69, 9.17) is 4.98 Å². The molecule has 0 N–H and O–H groups in total. The first-order valence-electron chi connectivity index (χ1n) is 7.18. The first-order valence-corrected chi connectivity index (χ1v) is 8.00. The van der Waals surface area contributed by atoms with E-state index in [1.165, 1.54) is 34.5 Å². The lowest BCUT2D eigenvalue weighted by Crippen LogP contribution is -1.97. The van der Waals surface area contributed by atoms with Crippen molar-refractivity contribution >= 4 is 22.4 Å². The summed E-state index contributed by atoms with van der Waals surface area (Å²) in [6.07, 6.45) is 5.55. The van der Waals surface area contributed by atoms with Crippen molar-refractivity contribution in [2.45, 2.75) is 39.2 Å². The van der Waals surface area contributed by atoms with Gasteiger partial charge in [0, 0.05) is 16.5 Å². The zero-order valence-electron chi connectivity index (χ0n) is 11.8. The number of nitrogens with zero attached hydrogens (tertiary/aromatic N) is 3. The summed E-state index contributed by atoms with van der Waals surface area (Å²) in [5.74, 6) is 0. The third-order valence-corrected chi connectivity index (χ3v) is 5.18. The molecule has 20 heavy (non-hydrogen) atoms. The highest BCUT2D eigenvalue weighted by Gasteiger charge is 2.19. The van der Waals surface area contributed by atoms with E-state index in [1.807, 2.05) is 17.7 Å². The summed E-state index contributed by atoms with van der Waals surface area (Å²) in [4.78, 5) is 10.9. The molecule has 3 nitrogen and oxygen atoms in total. The molecule has 0 bridgehead atoms. The summed E-state index contributed by atoms with van der Waals surface area (Å²) in [6.45, 7) is 4.37. The fourth-order valence-corrected chi connectivity index (χ4v) is 4.12. The van der Waals surface area contributed by atoms with E-state index in [0.29, 0.717) is 6.04 Å². The molecule has 4 heteroatoms. The van der Waals surface area contributed by atoms with Gasteiger partial charge in [-0.2, -0.15) is 0 Å². The average molecular weight is 283 g/mol. The smallest absolute Gasteiger partial charge is 0.126 e. The number of rotatable bonds is 2. The Kier molecular flexibility index (Phi) is 2.67. The Morgan fingerprint density at radius 1 is 1.25 bits per heavy atom. The quantitative estimate of drug-likeness (QED) is 0.704. The van der Waals surface area contributed by atoms with Crippen molar-refractivity contribution in [3.63, 3.8) is 0 Å². The summed E-state index contributed by atoms with van der Waals surface area (Å²) in [7, 11) is 0. The van der Waals surface area contributed by atoms with Gasteiger partial charge in [-0.1, -0.05) is 6.07 Å². The molecule has 2 heterocycles. The molecular formula is C16H17N3S. The van der Waals surface area contributed by atoms with Crippen LogP contribution in [0.15, 0.2) is 24.5 Å². The predicted octanol–water partition coefficient (Wildman–Crippen LogP) is 4.23. The molecule has 1 aromatic carbocycles. The van der Waals surface area contributed by atoms with E-state index in [1.54, 1.807) is 0 Å². The molecule has 1 aliphatic rings. The molecule has 0 spiro atoms. The average Bonchev–Trinajstić information content (AvgIpc) is 3.11. The van der Waals surface area contributed by atoms with Crippen molar-refractivity contribution in [2.75, 3.05) is 0 Å². The number of imidazole rings is 1. The molecule has 3 aromatic rings. The van der Waals surface area contributed by atoms with Crippen LogP contribution in [0.1, 0.15) is 36.9 Å². The molecule has 0 saturated heterocycles. The van der Waals surface area contributed by atoms with Crippen molar-refractivity contribution in [1.82, 2.24) is 14.5 Å². The van der Waals surface area contributed by atoms with Crippen LogP contribution in [-0.4, -0.2) is 14.5 Å². The number of aryl methyl sites for hydroxylation is 2. The normalized spacial score (nSPS) is 14.3. The van der Waals surface area contributed by atoms with Crippen molar-refractivity contribution in [3.05, 3.63) is 35.1 Å². The Morgan fingerprint density at radius 3 is 2.95 bits per heavy atom. The first kappa shape index (κ1) is 12.1. The lowest BCUT2D eigenvalue weighted by molar-refractivity contribution is 0.617. The van der Waals surface area contributed by atoms with Crippen LogP contribution < -0.4 is 0 Å². The van der Waals surface area contributed by atoms with Gasteiger partial charge in [-0.3, -0.25) is 0 Å². The summed E-state index contributed by atoms with van der Waals surface area (Å²) in [6, 6.07) is 6.84. The van der Waals surface area contributed by atoms with Crippen molar-refractivity contribution in [3.8, 4) is 10.6 Å². The zero-order valence-corrected chi connectivity index (χ0v) is 12.6. The summed E-state index contributed by atoms with van der Waals surface area (Å²) in [5, 5.41) is 1.13. The molecule has 1 aliphatic carbocycles. The van der Waals surface area contributed by atoms with Gasteiger partial charge in [0.2, 0.25) is 0 Å². The summed E-state index contributed by atoms with van der Waals surface area (Å²) >= 11 is 1.85. The van der Waals surface area contributed by atoms with Crippen LogP contribution in [0.3, 0.4) is 0 Å². The maximum atomic E-state index is 4.83. The van der Waals surface area contributed by atoms with Crippen LogP contribution in [0.4, 0.5) is 0 Å². The highest BCUT2D eigenvalue weighted by atomic mass is 32.1. The van der Waals surface area contributed by atoms with E-state index in [9.17, 15) is 0 Å². The second kappa shape index (κ2) is 4.42. The van der Waals surface area contributed by atoms with Gasteiger partial charge >= 0.3 is 0 Å². The lowest BCUT2D eigenvalue weighted by atomic mass is 10.2. The monoisotopic (exact) mass is 283 g/mol. The predicted molar refractivity (Wildman–Crippen MR) is 83.3 cm³/mol. The van der Waals surface area contributed by atoms with E-state index in [-0.39, 0.29) is 0 Å². The van der Waals surface area contributed by atoms with Gasteiger partial charge in [0.25, 0.3) is 0 Å². The number of aromatic nitrogens is 3. The van der Waals surface area contributed by atoms with Crippen LogP contribution >= 0.6 is 11.3 Å². The topological polar surface area (TPSA) is 30.7 Å². The summed E-state index contributed by atoms with van der Waals surface area (Å²) < 4.78 is 2.22. The Balaban J connectivity index is 1.91. The minimum absolute atomic E-state index is 0.427. The van der Waals surface area contributed by atoms with Crippen LogP contribution in [0.5, 0.6) is 0 Å². The van der Waals surface area contributed by atoms with E-state index in [0.717, 1.165) is 16.9 Å². The largest absolute Gasteiger partial charge is 0.328 e. The molecule has 0 radical (unpaired) electrons. The van der Waals surface area contributed by atoms with Crippen LogP contribution in [-0.2, 0) is 12.8 Å². The number of hydrogen-bond acceptors (Lipinski definition) is 3. The molecule has 0 aliphatic heterocycles. The Morgan fingerprint density at radius 2 is 2.15 bits per heavy atom. The van der Waals surface area contributed by atoms with Gasteiger partial charge in [0.15, 0.2) is 0 Å². The van der Waals surface area contributed by atoms with Crippen LogP contribution in [0.25, 0.3) is 21.6 Å². The van der Waals surface area contributed by atoms with Crippen molar-refractivity contribution in [1.29, 1.82) is 0 Å². The lowest BCUT2D eigenvalue weighted by Gasteiger charge is -2.08. The van der Waals surface area contributed by atoms with E-state index >= 15 is 0 Å². The van der Waals surface area contributed by atoms with Crippen molar-refractivity contribution < 1.29 is 0 Å². The fraction of sp³-hybridized carbons (Fsp3) is 0.375. The summed E-state index contributed by atoms with van der Waals surface area (Å²) in [5.41, 5.74) is 4.77. The number of benzene rings is 1. The SMILES string of the molecule is CC(C)n1cnc2c(-c3nc4c(s3)CCC4)cccc21. The van der Waals surface area contributed by atoms with Crippen molar-refractivity contribution in [2.24, 2.45) is 0 Å². The molecule has 0 atom stereocenters. The molecule has 102 valence electrons. The van der Waals surface area contributed by atoms with E-state index < -0.39 is 0 Å². The van der Waals surface area contributed by atoms with Crippen LogP contribution in [0.2, 0.25) is 0 Å².